The van der Waals surface area contributed by atoms with Crippen LogP contribution < -0.4 is 5.32 Å². The van der Waals surface area contributed by atoms with Gasteiger partial charge in [-0.15, -0.1) is 0 Å². The number of nitro groups is 1. The van der Waals surface area contributed by atoms with Crippen LogP contribution in [0.4, 0.5) is 5.69 Å². The number of nitrogens with zero attached hydrogens (tertiary/aromatic N) is 1. The van der Waals surface area contributed by atoms with Crippen LogP contribution in [0.25, 0.3) is 0 Å². The average Bonchev–Trinajstić information content (AvgIpc) is 2.93. The highest BCUT2D eigenvalue weighted by atomic mass is 16.6. The van der Waals surface area contributed by atoms with Gasteiger partial charge in [0.15, 0.2) is 0 Å². The Bertz CT molecular complexity index is 452. The summed E-state index contributed by atoms with van der Waals surface area (Å²) >= 11 is 0. The molecule has 1 aromatic rings. The molecule has 1 N–H and O–H groups in total. The van der Waals surface area contributed by atoms with Crippen molar-refractivity contribution in [1.29, 1.82) is 0 Å². The molecular weight excluding hydrogens is 248 g/mol. The monoisotopic (exact) mass is 264 g/mol. The zero-order valence-electron chi connectivity index (χ0n) is 10.5. The number of hydrogen-bond acceptors (Lipinski definition) is 4. The van der Waals surface area contributed by atoms with Gasteiger partial charge in [0.1, 0.15) is 6.10 Å². The van der Waals surface area contributed by atoms with Crippen molar-refractivity contribution in [2.24, 2.45) is 0 Å². The molecule has 6 nitrogen and oxygen atoms in total. The Kier molecular flexibility index (Phi) is 4.46. The topological polar surface area (TPSA) is 81.5 Å². The van der Waals surface area contributed by atoms with E-state index in [9.17, 15) is 14.9 Å². The average molecular weight is 264 g/mol. The lowest BCUT2D eigenvalue weighted by Crippen LogP contribution is -2.35. The van der Waals surface area contributed by atoms with Gasteiger partial charge in [0.2, 0.25) is 5.91 Å². The van der Waals surface area contributed by atoms with Crippen molar-refractivity contribution in [3.63, 3.8) is 0 Å². The molecule has 0 radical (unpaired) electrons. The first kappa shape index (κ1) is 13.5. The summed E-state index contributed by atoms with van der Waals surface area (Å²) in [5, 5.41) is 13.3. The number of benzene rings is 1. The number of nitro benzene ring substituents is 1. The van der Waals surface area contributed by atoms with E-state index in [1.165, 1.54) is 12.1 Å². The van der Waals surface area contributed by atoms with Crippen molar-refractivity contribution in [2.75, 3.05) is 13.2 Å². The SMILES string of the molecule is O=C(NCCc1ccc([N+](=O)[O-])cc1)C1CCCO1. The van der Waals surface area contributed by atoms with Crippen LogP contribution in [-0.2, 0) is 16.0 Å². The van der Waals surface area contributed by atoms with Crippen molar-refractivity contribution in [2.45, 2.75) is 25.4 Å². The van der Waals surface area contributed by atoms with Crippen LogP contribution in [0.5, 0.6) is 0 Å². The van der Waals surface area contributed by atoms with E-state index in [0.29, 0.717) is 19.6 Å². The van der Waals surface area contributed by atoms with Crippen molar-refractivity contribution in [3.05, 3.63) is 39.9 Å². The van der Waals surface area contributed by atoms with Gasteiger partial charge in [0, 0.05) is 25.3 Å². The van der Waals surface area contributed by atoms with E-state index in [4.69, 9.17) is 4.74 Å². The van der Waals surface area contributed by atoms with Gasteiger partial charge in [-0.1, -0.05) is 12.1 Å². The number of nitrogens with one attached hydrogen (secondary N) is 1. The highest BCUT2D eigenvalue weighted by Crippen LogP contribution is 2.13. The molecule has 1 saturated heterocycles. The van der Waals surface area contributed by atoms with E-state index in [2.05, 4.69) is 5.32 Å². The Morgan fingerprint density at radius 1 is 1.42 bits per heavy atom. The zero-order chi connectivity index (χ0) is 13.7. The quantitative estimate of drug-likeness (QED) is 0.644. The molecule has 102 valence electrons. The molecule has 1 aromatic carbocycles. The van der Waals surface area contributed by atoms with Crippen molar-refractivity contribution < 1.29 is 14.5 Å². The van der Waals surface area contributed by atoms with Crippen LogP contribution >= 0.6 is 0 Å². The molecule has 1 fully saturated rings. The number of carbonyl (C=O) groups is 1. The standard InChI is InChI=1S/C13H16N2O4/c16-13(12-2-1-9-19-12)14-8-7-10-3-5-11(6-4-10)15(17)18/h3-6,12H,1-2,7-9H2,(H,14,16). The highest BCUT2D eigenvalue weighted by molar-refractivity contribution is 5.80. The van der Waals surface area contributed by atoms with Crippen LogP contribution in [-0.4, -0.2) is 30.1 Å². The lowest BCUT2D eigenvalue weighted by atomic mass is 10.1. The molecule has 1 aliphatic rings. The second-order valence-corrected chi connectivity index (χ2v) is 4.47. The highest BCUT2D eigenvalue weighted by Gasteiger charge is 2.22. The summed E-state index contributed by atoms with van der Waals surface area (Å²) < 4.78 is 5.27. The maximum Gasteiger partial charge on any atom is 0.269 e. The van der Waals surface area contributed by atoms with Gasteiger partial charge in [-0.25, -0.2) is 0 Å². The molecule has 1 unspecified atom stereocenters. The van der Waals surface area contributed by atoms with Crippen molar-refractivity contribution in [1.82, 2.24) is 5.32 Å². The van der Waals surface area contributed by atoms with Gasteiger partial charge in [-0.05, 0) is 24.8 Å². The minimum Gasteiger partial charge on any atom is -0.368 e. The molecule has 1 heterocycles. The Morgan fingerprint density at radius 2 is 2.16 bits per heavy atom. The Balaban J connectivity index is 1.75. The summed E-state index contributed by atoms with van der Waals surface area (Å²) in [5.74, 6) is -0.0700. The van der Waals surface area contributed by atoms with Gasteiger partial charge < -0.3 is 10.1 Å². The number of ether oxygens (including phenoxy) is 1. The first-order chi connectivity index (χ1) is 9.16. The zero-order valence-corrected chi connectivity index (χ0v) is 10.5. The summed E-state index contributed by atoms with van der Waals surface area (Å²) in [6.45, 7) is 1.16. The molecule has 6 heteroatoms. The van der Waals surface area contributed by atoms with Gasteiger partial charge in [0.25, 0.3) is 5.69 Å². The van der Waals surface area contributed by atoms with Crippen LogP contribution in [0.1, 0.15) is 18.4 Å². The number of amides is 1. The number of carbonyl (C=O) groups excluding carboxylic acids is 1. The Labute approximate surface area is 110 Å². The van der Waals surface area contributed by atoms with Gasteiger partial charge >= 0.3 is 0 Å². The number of hydrogen-bond donors (Lipinski definition) is 1. The minimum absolute atomic E-state index is 0.0700. The Morgan fingerprint density at radius 3 is 2.74 bits per heavy atom. The van der Waals surface area contributed by atoms with Crippen molar-refractivity contribution in [3.8, 4) is 0 Å². The summed E-state index contributed by atoms with van der Waals surface area (Å²) in [6.07, 6.45) is 2.05. The molecule has 0 bridgehead atoms. The van der Waals surface area contributed by atoms with Crippen molar-refractivity contribution >= 4 is 11.6 Å². The third-order valence-electron chi connectivity index (χ3n) is 3.08. The second-order valence-electron chi connectivity index (χ2n) is 4.47. The molecule has 1 amide bonds. The number of non-ortho nitro benzene ring substituents is 1. The third-order valence-corrected chi connectivity index (χ3v) is 3.08. The number of rotatable bonds is 5. The fourth-order valence-electron chi connectivity index (χ4n) is 2.01. The van der Waals surface area contributed by atoms with Crippen LogP contribution in [0, 0.1) is 10.1 Å². The molecule has 0 aromatic heterocycles. The summed E-state index contributed by atoms with van der Waals surface area (Å²) in [7, 11) is 0. The Hall–Kier alpha value is -1.95. The van der Waals surface area contributed by atoms with E-state index < -0.39 is 4.92 Å². The van der Waals surface area contributed by atoms with Gasteiger partial charge in [-0.2, -0.15) is 0 Å². The largest absolute Gasteiger partial charge is 0.368 e. The fourth-order valence-corrected chi connectivity index (χ4v) is 2.01. The summed E-state index contributed by atoms with van der Waals surface area (Å²) in [4.78, 5) is 21.7. The molecular formula is C13H16N2O4. The molecule has 1 atom stereocenters. The summed E-state index contributed by atoms with van der Waals surface area (Å²) in [6, 6.07) is 6.35. The second kappa shape index (κ2) is 6.29. The molecule has 0 saturated carbocycles. The lowest BCUT2D eigenvalue weighted by molar-refractivity contribution is -0.384. The van der Waals surface area contributed by atoms with Crippen LogP contribution in [0.2, 0.25) is 0 Å². The first-order valence-electron chi connectivity index (χ1n) is 6.29. The third kappa shape index (κ3) is 3.75. The van der Waals surface area contributed by atoms with E-state index in [1.807, 2.05) is 0 Å². The predicted molar refractivity (Wildman–Crippen MR) is 68.8 cm³/mol. The van der Waals surface area contributed by atoms with E-state index in [0.717, 1.165) is 18.4 Å². The van der Waals surface area contributed by atoms with E-state index in [-0.39, 0.29) is 17.7 Å². The lowest BCUT2D eigenvalue weighted by Gasteiger charge is -2.10. The molecule has 2 rings (SSSR count). The normalized spacial score (nSPS) is 18.2. The van der Waals surface area contributed by atoms with E-state index >= 15 is 0 Å². The van der Waals surface area contributed by atoms with Crippen LogP contribution in [0.15, 0.2) is 24.3 Å². The van der Waals surface area contributed by atoms with Crippen LogP contribution in [0.3, 0.4) is 0 Å². The smallest absolute Gasteiger partial charge is 0.269 e. The first-order valence-corrected chi connectivity index (χ1v) is 6.29. The van der Waals surface area contributed by atoms with Gasteiger partial charge in [0.05, 0.1) is 4.92 Å². The molecule has 0 aliphatic carbocycles. The molecule has 19 heavy (non-hydrogen) atoms. The molecule has 0 spiro atoms. The summed E-state index contributed by atoms with van der Waals surface area (Å²) in [5.41, 5.74) is 1.03. The van der Waals surface area contributed by atoms with E-state index in [1.54, 1.807) is 12.1 Å². The maximum absolute atomic E-state index is 11.7. The fraction of sp³-hybridized carbons (Fsp3) is 0.462. The van der Waals surface area contributed by atoms with Gasteiger partial charge in [-0.3, -0.25) is 14.9 Å². The predicted octanol–water partition coefficient (Wildman–Crippen LogP) is 1.43. The minimum atomic E-state index is -0.428. The molecule has 1 aliphatic heterocycles. The maximum atomic E-state index is 11.7.